The predicted molar refractivity (Wildman–Crippen MR) is 87.3 cm³/mol. The molecule has 2 aromatic rings. The van der Waals surface area contributed by atoms with Gasteiger partial charge in [0.25, 0.3) is 5.91 Å². The molecule has 0 saturated heterocycles. The number of thiophene rings is 1. The second-order valence-corrected chi connectivity index (χ2v) is 6.10. The third-order valence-electron chi connectivity index (χ3n) is 3.27. The molecule has 3 nitrogen and oxygen atoms in total. The summed E-state index contributed by atoms with van der Waals surface area (Å²) in [5.74, 6) is -0.179. The number of hydrogen-bond donors (Lipinski definition) is 1. The number of hydrogen-bond acceptors (Lipinski definition) is 3. The number of carbonyl (C=O) groups excluding carboxylic acids is 1. The van der Waals surface area contributed by atoms with E-state index in [-0.39, 0.29) is 17.5 Å². The topological polar surface area (TPSA) is 38.3 Å². The van der Waals surface area contributed by atoms with Crippen LogP contribution in [0.15, 0.2) is 30.3 Å². The van der Waals surface area contributed by atoms with Gasteiger partial charge in [-0.1, -0.05) is 19.1 Å². The number of halogens is 1. The Morgan fingerprint density at radius 2 is 2.14 bits per heavy atom. The van der Waals surface area contributed by atoms with Gasteiger partial charge in [0.15, 0.2) is 11.6 Å². The molecule has 0 bridgehead atoms. The van der Waals surface area contributed by atoms with Crippen molar-refractivity contribution in [2.24, 2.45) is 0 Å². The van der Waals surface area contributed by atoms with Crippen LogP contribution in [0.25, 0.3) is 0 Å². The molecule has 0 radical (unpaired) electrons. The lowest BCUT2D eigenvalue weighted by atomic mass is 10.2. The molecular weight excluding hydrogens is 301 g/mol. The highest BCUT2D eigenvalue weighted by Gasteiger charge is 2.11. The number of ether oxygens (including phenoxy) is 1. The van der Waals surface area contributed by atoms with Crippen LogP contribution in [0.4, 0.5) is 4.39 Å². The molecule has 1 aromatic heterocycles. The monoisotopic (exact) mass is 321 g/mol. The van der Waals surface area contributed by atoms with Crippen molar-refractivity contribution in [2.75, 3.05) is 13.2 Å². The molecule has 118 valence electrons. The SMILES string of the molecule is CCc1sc(C(=O)NCCCOc2ccccc2F)cc1C. The summed E-state index contributed by atoms with van der Waals surface area (Å²) in [6.07, 6.45) is 1.57. The van der Waals surface area contributed by atoms with E-state index in [2.05, 4.69) is 12.2 Å². The molecule has 0 fully saturated rings. The van der Waals surface area contributed by atoms with Gasteiger partial charge in [-0.3, -0.25) is 4.79 Å². The molecular formula is C17H20FNO2S. The number of amides is 1. The molecule has 1 aromatic carbocycles. The Morgan fingerprint density at radius 1 is 1.36 bits per heavy atom. The maximum atomic E-state index is 13.3. The first-order valence-electron chi connectivity index (χ1n) is 7.36. The van der Waals surface area contributed by atoms with Crippen LogP contribution in [-0.4, -0.2) is 19.1 Å². The summed E-state index contributed by atoms with van der Waals surface area (Å²) in [4.78, 5) is 14.0. The van der Waals surface area contributed by atoms with Gasteiger partial charge < -0.3 is 10.1 Å². The van der Waals surface area contributed by atoms with Crippen LogP contribution < -0.4 is 10.1 Å². The lowest BCUT2D eigenvalue weighted by Crippen LogP contribution is -2.24. The van der Waals surface area contributed by atoms with Crippen LogP contribution in [0.5, 0.6) is 5.75 Å². The van der Waals surface area contributed by atoms with Crippen molar-refractivity contribution in [3.05, 3.63) is 51.5 Å². The van der Waals surface area contributed by atoms with Crippen LogP contribution in [0, 0.1) is 12.7 Å². The summed E-state index contributed by atoms with van der Waals surface area (Å²) in [5.41, 5.74) is 1.17. The zero-order valence-electron chi connectivity index (χ0n) is 12.8. The Balaban J connectivity index is 1.72. The molecule has 0 aliphatic rings. The van der Waals surface area contributed by atoms with Crippen molar-refractivity contribution in [1.82, 2.24) is 5.32 Å². The van der Waals surface area contributed by atoms with Gasteiger partial charge in [0.2, 0.25) is 0 Å². The Labute approximate surface area is 134 Å². The Kier molecular flexibility index (Phi) is 5.95. The van der Waals surface area contributed by atoms with E-state index >= 15 is 0 Å². The molecule has 0 unspecified atom stereocenters. The van der Waals surface area contributed by atoms with Crippen molar-refractivity contribution in [3.63, 3.8) is 0 Å². The predicted octanol–water partition coefficient (Wildman–Crippen LogP) is 3.96. The first-order valence-corrected chi connectivity index (χ1v) is 8.18. The molecule has 0 aliphatic heterocycles. The number of benzene rings is 1. The van der Waals surface area contributed by atoms with E-state index in [1.165, 1.54) is 27.8 Å². The van der Waals surface area contributed by atoms with Gasteiger partial charge in [-0.15, -0.1) is 11.3 Å². The minimum absolute atomic E-state index is 0.0568. The highest BCUT2D eigenvalue weighted by molar-refractivity contribution is 7.14. The van der Waals surface area contributed by atoms with Crippen LogP contribution in [-0.2, 0) is 6.42 Å². The van der Waals surface area contributed by atoms with Gasteiger partial charge in [-0.05, 0) is 43.5 Å². The van der Waals surface area contributed by atoms with Crippen molar-refractivity contribution < 1.29 is 13.9 Å². The minimum Gasteiger partial charge on any atom is -0.490 e. The third kappa shape index (κ3) is 4.31. The average molecular weight is 321 g/mol. The smallest absolute Gasteiger partial charge is 0.261 e. The normalized spacial score (nSPS) is 10.5. The van der Waals surface area contributed by atoms with Crippen LogP contribution in [0.2, 0.25) is 0 Å². The molecule has 22 heavy (non-hydrogen) atoms. The van der Waals surface area contributed by atoms with Gasteiger partial charge in [-0.2, -0.15) is 0 Å². The summed E-state index contributed by atoms with van der Waals surface area (Å²) >= 11 is 1.54. The minimum atomic E-state index is -0.368. The fourth-order valence-corrected chi connectivity index (χ4v) is 3.12. The fraction of sp³-hybridized carbons (Fsp3) is 0.353. The maximum absolute atomic E-state index is 13.3. The first-order chi connectivity index (χ1) is 10.6. The highest BCUT2D eigenvalue weighted by Crippen LogP contribution is 2.22. The molecule has 1 heterocycles. The van der Waals surface area contributed by atoms with Crippen molar-refractivity contribution in [3.8, 4) is 5.75 Å². The number of aryl methyl sites for hydroxylation is 2. The largest absolute Gasteiger partial charge is 0.490 e. The van der Waals surface area contributed by atoms with E-state index in [1.54, 1.807) is 18.2 Å². The molecule has 0 atom stereocenters. The van der Waals surface area contributed by atoms with E-state index in [0.717, 1.165) is 11.3 Å². The third-order valence-corrected chi connectivity index (χ3v) is 4.65. The number of para-hydroxylation sites is 1. The zero-order chi connectivity index (χ0) is 15.9. The Morgan fingerprint density at radius 3 is 2.82 bits per heavy atom. The van der Waals surface area contributed by atoms with Crippen molar-refractivity contribution >= 4 is 17.2 Å². The standard InChI is InChI=1S/C17H20FNO2S/c1-3-15-12(2)11-16(22-15)17(20)19-9-6-10-21-14-8-5-4-7-13(14)18/h4-5,7-8,11H,3,6,9-10H2,1-2H3,(H,19,20). The van der Waals surface area contributed by atoms with Crippen molar-refractivity contribution in [2.45, 2.75) is 26.7 Å². The van der Waals surface area contributed by atoms with E-state index in [1.807, 2.05) is 13.0 Å². The molecule has 5 heteroatoms. The number of carbonyl (C=O) groups is 1. The van der Waals surface area contributed by atoms with Gasteiger partial charge in [0, 0.05) is 11.4 Å². The lowest BCUT2D eigenvalue weighted by Gasteiger charge is -2.07. The number of rotatable bonds is 7. The summed E-state index contributed by atoms with van der Waals surface area (Å²) in [6.45, 7) is 4.98. The zero-order valence-corrected chi connectivity index (χ0v) is 13.6. The van der Waals surface area contributed by atoms with Crippen LogP contribution >= 0.6 is 11.3 Å². The number of nitrogens with one attached hydrogen (secondary N) is 1. The second kappa shape index (κ2) is 7.94. The van der Waals surface area contributed by atoms with Crippen molar-refractivity contribution in [1.29, 1.82) is 0 Å². The van der Waals surface area contributed by atoms with Gasteiger partial charge >= 0.3 is 0 Å². The van der Waals surface area contributed by atoms with Gasteiger partial charge in [0.1, 0.15) is 0 Å². The molecule has 0 spiro atoms. The van der Waals surface area contributed by atoms with E-state index in [0.29, 0.717) is 19.6 Å². The molecule has 0 aliphatic carbocycles. The quantitative estimate of drug-likeness (QED) is 0.784. The van der Waals surface area contributed by atoms with Gasteiger partial charge in [0.05, 0.1) is 11.5 Å². The summed E-state index contributed by atoms with van der Waals surface area (Å²) < 4.78 is 18.7. The summed E-state index contributed by atoms with van der Waals surface area (Å²) in [5, 5.41) is 2.86. The average Bonchev–Trinajstić information content (AvgIpc) is 2.89. The molecule has 1 N–H and O–H groups in total. The second-order valence-electron chi connectivity index (χ2n) is 4.96. The maximum Gasteiger partial charge on any atom is 0.261 e. The lowest BCUT2D eigenvalue weighted by molar-refractivity contribution is 0.0955. The summed E-state index contributed by atoms with van der Waals surface area (Å²) in [7, 11) is 0. The molecule has 2 rings (SSSR count). The highest BCUT2D eigenvalue weighted by atomic mass is 32.1. The first kappa shape index (κ1) is 16.5. The Bertz CT molecular complexity index is 639. The molecule has 0 saturated carbocycles. The van der Waals surface area contributed by atoms with E-state index < -0.39 is 0 Å². The van der Waals surface area contributed by atoms with Crippen LogP contribution in [0.3, 0.4) is 0 Å². The van der Waals surface area contributed by atoms with Gasteiger partial charge in [-0.25, -0.2) is 4.39 Å². The summed E-state index contributed by atoms with van der Waals surface area (Å²) in [6, 6.07) is 8.23. The fourth-order valence-electron chi connectivity index (χ4n) is 2.09. The van der Waals surface area contributed by atoms with E-state index in [4.69, 9.17) is 4.74 Å². The van der Waals surface area contributed by atoms with Crippen LogP contribution in [0.1, 0.15) is 33.5 Å². The Hall–Kier alpha value is -1.88. The van der Waals surface area contributed by atoms with E-state index in [9.17, 15) is 9.18 Å². The molecule has 1 amide bonds.